The molecule has 0 spiro atoms. The van der Waals surface area contributed by atoms with E-state index in [1.807, 2.05) is 25.1 Å². The van der Waals surface area contributed by atoms with Crippen LogP contribution in [0.3, 0.4) is 0 Å². The quantitative estimate of drug-likeness (QED) is 0.872. The average molecular weight is 283 g/mol. The van der Waals surface area contributed by atoms with Crippen LogP contribution < -0.4 is 10.6 Å². The van der Waals surface area contributed by atoms with Gasteiger partial charge in [0.05, 0.1) is 17.3 Å². The Morgan fingerprint density at radius 1 is 1.42 bits per heavy atom. The van der Waals surface area contributed by atoms with E-state index in [0.29, 0.717) is 12.6 Å². The second kappa shape index (κ2) is 6.60. The lowest BCUT2D eigenvalue weighted by Gasteiger charge is -2.31. The number of aliphatic hydroxyl groups excluding tert-OH is 1. The van der Waals surface area contributed by atoms with Crippen LogP contribution in [-0.2, 0) is 0 Å². The smallest absolute Gasteiger partial charge is 0.0643 e. The maximum atomic E-state index is 9.29. The SMILES string of the molecule is C[C@H](N)c1ccc(N(CCO)C2CCCC2)c(Cl)c1. The summed E-state index contributed by atoms with van der Waals surface area (Å²) in [6, 6.07) is 6.51. The highest BCUT2D eigenvalue weighted by Crippen LogP contribution is 2.34. The number of halogens is 1. The molecule has 0 amide bonds. The Hall–Kier alpha value is -0.770. The Morgan fingerprint density at radius 2 is 2.11 bits per heavy atom. The summed E-state index contributed by atoms with van der Waals surface area (Å²) in [6.45, 7) is 2.75. The molecule has 0 aliphatic heterocycles. The predicted molar refractivity (Wildman–Crippen MR) is 80.7 cm³/mol. The van der Waals surface area contributed by atoms with Gasteiger partial charge >= 0.3 is 0 Å². The van der Waals surface area contributed by atoms with E-state index in [1.165, 1.54) is 25.7 Å². The normalized spacial score (nSPS) is 17.7. The topological polar surface area (TPSA) is 49.5 Å². The lowest BCUT2D eigenvalue weighted by Crippen LogP contribution is -2.35. The van der Waals surface area contributed by atoms with E-state index in [2.05, 4.69) is 4.90 Å². The van der Waals surface area contributed by atoms with Gasteiger partial charge in [0.1, 0.15) is 0 Å². The van der Waals surface area contributed by atoms with Crippen LogP contribution in [-0.4, -0.2) is 24.3 Å². The fourth-order valence-electron chi connectivity index (χ4n) is 2.86. The molecule has 1 aromatic rings. The highest BCUT2D eigenvalue weighted by atomic mass is 35.5. The zero-order valence-electron chi connectivity index (χ0n) is 11.5. The summed E-state index contributed by atoms with van der Waals surface area (Å²) < 4.78 is 0. The second-order valence-electron chi connectivity index (χ2n) is 5.35. The molecule has 2 rings (SSSR count). The van der Waals surface area contributed by atoms with Gasteiger partial charge in [0.2, 0.25) is 0 Å². The fourth-order valence-corrected chi connectivity index (χ4v) is 3.16. The summed E-state index contributed by atoms with van der Waals surface area (Å²) >= 11 is 6.40. The first-order valence-corrected chi connectivity index (χ1v) is 7.44. The van der Waals surface area contributed by atoms with Crippen molar-refractivity contribution in [2.24, 2.45) is 5.73 Å². The van der Waals surface area contributed by atoms with E-state index in [-0.39, 0.29) is 12.6 Å². The van der Waals surface area contributed by atoms with E-state index in [1.54, 1.807) is 0 Å². The van der Waals surface area contributed by atoms with Gasteiger partial charge in [-0.05, 0) is 37.5 Å². The molecule has 1 aliphatic carbocycles. The Bertz CT molecular complexity index is 417. The summed E-state index contributed by atoms with van der Waals surface area (Å²) in [7, 11) is 0. The monoisotopic (exact) mass is 282 g/mol. The molecule has 1 atom stereocenters. The van der Waals surface area contributed by atoms with Crippen LogP contribution in [0.25, 0.3) is 0 Å². The van der Waals surface area contributed by atoms with Crippen LogP contribution in [0.1, 0.15) is 44.2 Å². The Labute approximate surface area is 120 Å². The van der Waals surface area contributed by atoms with Crippen molar-refractivity contribution < 1.29 is 5.11 Å². The van der Waals surface area contributed by atoms with Crippen LogP contribution in [0.4, 0.5) is 5.69 Å². The van der Waals surface area contributed by atoms with Crippen molar-refractivity contribution in [2.45, 2.75) is 44.7 Å². The van der Waals surface area contributed by atoms with E-state index >= 15 is 0 Å². The molecule has 0 bridgehead atoms. The highest BCUT2D eigenvalue weighted by Gasteiger charge is 2.24. The van der Waals surface area contributed by atoms with Crippen LogP contribution in [0.5, 0.6) is 0 Å². The Morgan fingerprint density at radius 3 is 2.63 bits per heavy atom. The van der Waals surface area contributed by atoms with E-state index in [0.717, 1.165) is 16.3 Å². The Kier molecular flexibility index (Phi) is 5.08. The number of aliphatic hydroxyl groups is 1. The van der Waals surface area contributed by atoms with E-state index in [4.69, 9.17) is 17.3 Å². The molecular weight excluding hydrogens is 260 g/mol. The number of hydrogen-bond acceptors (Lipinski definition) is 3. The van der Waals surface area contributed by atoms with Gasteiger partial charge in [0.15, 0.2) is 0 Å². The lowest BCUT2D eigenvalue weighted by molar-refractivity contribution is 0.297. The molecule has 3 N–H and O–H groups in total. The van der Waals surface area contributed by atoms with Gasteiger partial charge < -0.3 is 15.7 Å². The number of benzene rings is 1. The lowest BCUT2D eigenvalue weighted by atomic mass is 10.1. The van der Waals surface area contributed by atoms with Gasteiger partial charge in [-0.1, -0.05) is 30.5 Å². The number of nitrogens with zero attached hydrogens (tertiary/aromatic N) is 1. The average Bonchev–Trinajstić information content (AvgIpc) is 2.90. The zero-order chi connectivity index (χ0) is 13.8. The van der Waals surface area contributed by atoms with Gasteiger partial charge in [-0.25, -0.2) is 0 Å². The minimum atomic E-state index is -0.00989. The summed E-state index contributed by atoms with van der Waals surface area (Å²) in [5.41, 5.74) is 7.94. The third-order valence-corrected chi connectivity index (χ3v) is 4.22. The van der Waals surface area contributed by atoms with Crippen molar-refractivity contribution in [3.05, 3.63) is 28.8 Å². The summed E-state index contributed by atoms with van der Waals surface area (Å²) in [4.78, 5) is 2.25. The van der Waals surface area contributed by atoms with Crippen molar-refractivity contribution in [3.8, 4) is 0 Å². The molecule has 0 saturated heterocycles. The molecule has 0 heterocycles. The van der Waals surface area contributed by atoms with Crippen molar-refractivity contribution in [1.82, 2.24) is 0 Å². The molecule has 0 radical (unpaired) electrons. The zero-order valence-corrected chi connectivity index (χ0v) is 12.2. The predicted octanol–water partition coefficient (Wildman–Crippen LogP) is 3.10. The van der Waals surface area contributed by atoms with Crippen LogP contribution in [0, 0.1) is 0 Å². The first-order chi connectivity index (χ1) is 9.13. The molecule has 0 unspecified atom stereocenters. The summed E-state index contributed by atoms with van der Waals surface area (Å²) in [5, 5.41) is 10.0. The molecule has 1 aliphatic rings. The number of hydrogen-bond donors (Lipinski definition) is 2. The molecule has 1 saturated carbocycles. The maximum absolute atomic E-state index is 9.29. The molecule has 106 valence electrons. The summed E-state index contributed by atoms with van der Waals surface area (Å²) in [6.07, 6.45) is 4.90. The molecule has 3 nitrogen and oxygen atoms in total. The molecule has 1 fully saturated rings. The summed E-state index contributed by atoms with van der Waals surface area (Å²) in [5.74, 6) is 0. The van der Waals surface area contributed by atoms with Gasteiger partial charge in [-0.2, -0.15) is 0 Å². The molecule has 19 heavy (non-hydrogen) atoms. The van der Waals surface area contributed by atoms with Crippen molar-refractivity contribution in [3.63, 3.8) is 0 Å². The standard InChI is InChI=1S/C15H23ClN2O/c1-11(17)12-6-7-15(14(16)10-12)18(8-9-19)13-4-2-3-5-13/h6-7,10-11,13,19H,2-5,8-9,17H2,1H3/t11-/m0/s1. The fraction of sp³-hybridized carbons (Fsp3) is 0.600. The largest absolute Gasteiger partial charge is 0.395 e. The second-order valence-corrected chi connectivity index (χ2v) is 5.76. The van der Waals surface area contributed by atoms with E-state index < -0.39 is 0 Å². The van der Waals surface area contributed by atoms with Crippen LogP contribution in [0.2, 0.25) is 5.02 Å². The minimum Gasteiger partial charge on any atom is -0.395 e. The molecule has 4 heteroatoms. The van der Waals surface area contributed by atoms with Gasteiger partial charge in [-0.15, -0.1) is 0 Å². The van der Waals surface area contributed by atoms with Crippen LogP contribution in [0.15, 0.2) is 18.2 Å². The Balaban J connectivity index is 2.25. The third kappa shape index (κ3) is 3.41. The minimum absolute atomic E-state index is 0.00989. The van der Waals surface area contributed by atoms with Crippen LogP contribution >= 0.6 is 11.6 Å². The van der Waals surface area contributed by atoms with Gasteiger partial charge in [0.25, 0.3) is 0 Å². The first kappa shape index (κ1) is 14.6. The molecular formula is C15H23ClN2O. The number of anilines is 1. The first-order valence-electron chi connectivity index (χ1n) is 7.06. The highest BCUT2D eigenvalue weighted by molar-refractivity contribution is 6.33. The van der Waals surface area contributed by atoms with Gasteiger partial charge in [0, 0.05) is 18.6 Å². The van der Waals surface area contributed by atoms with Crippen molar-refractivity contribution in [1.29, 1.82) is 0 Å². The van der Waals surface area contributed by atoms with Gasteiger partial charge in [-0.3, -0.25) is 0 Å². The number of nitrogens with two attached hydrogens (primary N) is 1. The third-order valence-electron chi connectivity index (χ3n) is 3.91. The van der Waals surface area contributed by atoms with E-state index in [9.17, 15) is 5.11 Å². The molecule has 1 aromatic carbocycles. The molecule has 0 aromatic heterocycles. The van der Waals surface area contributed by atoms with Crippen molar-refractivity contribution in [2.75, 3.05) is 18.1 Å². The maximum Gasteiger partial charge on any atom is 0.0643 e. The van der Waals surface area contributed by atoms with Crippen molar-refractivity contribution >= 4 is 17.3 Å². The number of rotatable bonds is 5.